The summed E-state index contributed by atoms with van der Waals surface area (Å²) in [4.78, 5) is 51.2. The average Bonchev–Trinajstić information content (AvgIpc) is 3.42. The number of aliphatic hydroxyl groups excluding tert-OH is 2. The zero-order chi connectivity index (χ0) is 56.1. The quantitative estimate of drug-likeness (QED) is 0.0228. The number of hydrogen-bond donors (Lipinski definition) is 3. The number of ether oxygens (including phenoxy) is 5. The third-order valence-corrected chi connectivity index (χ3v) is 12.8. The van der Waals surface area contributed by atoms with E-state index >= 15 is 0 Å². The Morgan fingerprint density at radius 1 is 0.442 bits per heavy atom. The smallest absolute Gasteiger partial charge is 0.335 e. The van der Waals surface area contributed by atoms with Crippen LogP contribution >= 0.6 is 0 Å². The molecule has 0 bridgehead atoms. The maximum Gasteiger partial charge on any atom is 0.335 e. The topological polar surface area (TPSA) is 175 Å². The third kappa shape index (κ3) is 42.1. The van der Waals surface area contributed by atoms with Crippen molar-refractivity contribution in [1.82, 2.24) is 0 Å². The van der Waals surface area contributed by atoms with Crippen LogP contribution in [0.3, 0.4) is 0 Å². The summed E-state index contributed by atoms with van der Waals surface area (Å²) in [6.45, 7) is 5.69. The van der Waals surface area contributed by atoms with Gasteiger partial charge in [0.15, 0.2) is 24.6 Å². The van der Waals surface area contributed by atoms with Crippen molar-refractivity contribution in [2.75, 3.05) is 13.2 Å². The van der Waals surface area contributed by atoms with Gasteiger partial charge in [-0.05, 0) is 122 Å². The van der Waals surface area contributed by atoms with E-state index in [4.69, 9.17) is 23.7 Å². The van der Waals surface area contributed by atoms with E-state index in [1.54, 1.807) is 0 Å². The molecule has 1 fully saturated rings. The fourth-order valence-electron chi connectivity index (χ4n) is 8.28. The Morgan fingerprint density at radius 3 is 1.25 bits per heavy atom. The summed E-state index contributed by atoms with van der Waals surface area (Å²) < 4.78 is 28.4. The molecule has 0 radical (unpaired) electrons. The first kappa shape index (κ1) is 70.4. The molecule has 0 saturated carbocycles. The first-order chi connectivity index (χ1) is 37.6. The fourth-order valence-corrected chi connectivity index (χ4v) is 8.28. The van der Waals surface area contributed by atoms with E-state index in [0.717, 1.165) is 148 Å². The number of rotatable bonds is 49. The predicted octanol–water partition coefficient (Wildman–Crippen LogP) is 15.4. The standard InChI is InChI=1S/C65H104O12/c1-4-7-10-13-16-19-22-25-28-29-32-33-36-39-42-45-48-51-57(66)73-54-56(75-58(67)52-49-46-43-40-37-34-30-26-23-20-17-14-11-8-5-2)55-74-65-63(61(70)60(69)62(77-65)64(71)72)76-59(68)53-50-47-44-41-38-35-31-27-24-21-18-15-12-9-6-3/h7,9-10,12,16-21,25-28,30-33,56,60-63,65,69-70H,4-6,8,11,13-15,22-24,29,34-55H2,1-3H3,(H,71,72)/b10-7-,12-9-,19-16-,20-17-,21-18-,28-25-,30-26-,31-27-,33-32-. The Kier molecular flexibility index (Phi) is 47.6. The van der Waals surface area contributed by atoms with Gasteiger partial charge in [0, 0.05) is 19.3 Å². The third-order valence-electron chi connectivity index (χ3n) is 12.8. The van der Waals surface area contributed by atoms with Crippen LogP contribution in [0.5, 0.6) is 0 Å². The van der Waals surface area contributed by atoms with Crippen LogP contribution in [-0.4, -0.2) is 89.2 Å². The van der Waals surface area contributed by atoms with Crippen LogP contribution in [0, 0.1) is 0 Å². The van der Waals surface area contributed by atoms with E-state index in [2.05, 4.69) is 130 Å². The van der Waals surface area contributed by atoms with E-state index in [1.807, 2.05) is 0 Å². The second-order valence-electron chi connectivity index (χ2n) is 19.9. The molecule has 1 rings (SSSR count). The fraction of sp³-hybridized carbons (Fsp3) is 0.662. The van der Waals surface area contributed by atoms with Crippen molar-refractivity contribution < 1.29 is 58.2 Å². The molecule has 0 amide bonds. The molecule has 0 aliphatic carbocycles. The van der Waals surface area contributed by atoms with Gasteiger partial charge in [-0.1, -0.05) is 194 Å². The molecule has 1 heterocycles. The van der Waals surface area contributed by atoms with Crippen LogP contribution < -0.4 is 0 Å². The summed E-state index contributed by atoms with van der Waals surface area (Å²) >= 11 is 0. The van der Waals surface area contributed by atoms with Gasteiger partial charge in [0.1, 0.15) is 18.8 Å². The lowest BCUT2D eigenvalue weighted by Gasteiger charge is -2.40. The first-order valence-corrected chi connectivity index (χ1v) is 29.9. The van der Waals surface area contributed by atoms with Gasteiger partial charge in [0.25, 0.3) is 0 Å². The lowest BCUT2D eigenvalue weighted by molar-refractivity contribution is -0.301. The maximum atomic E-state index is 13.2. The lowest BCUT2D eigenvalue weighted by Crippen LogP contribution is -2.61. The Morgan fingerprint density at radius 2 is 0.818 bits per heavy atom. The molecule has 6 unspecified atom stereocenters. The van der Waals surface area contributed by atoms with Gasteiger partial charge >= 0.3 is 23.9 Å². The van der Waals surface area contributed by atoms with Gasteiger partial charge in [-0.3, -0.25) is 14.4 Å². The highest BCUT2D eigenvalue weighted by molar-refractivity contribution is 5.74. The van der Waals surface area contributed by atoms with Crippen molar-refractivity contribution in [3.63, 3.8) is 0 Å². The normalized spacial score (nSPS) is 18.8. The second-order valence-corrected chi connectivity index (χ2v) is 19.9. The number of hydrogen-bond acceptors (Lipinski definition) is 11. The number of aliphatic carboxylic acids is 1. The van der Waals surface area contributed by atoms with Gasteiger partial charge in [-0.25, -0.2) is 4.79 Å². The number of allylic oxidation sites excluding steroid dienone is 18. The molecule has 1 aliphatic rings. The molecule has 12 heteroatoms. The number of esters is 3. The molecule has 0 aromatic carbocycles. The summed E-state index contributed by atoms with van der Waals surface area (Å²) in [5.74, 6) is -3.20. The van der Waals surface area contributed by atoms with Gasteiger partial charge in [-0.2, -0.15) is 0 Å². The molecule has 3 N–H and O–H groups in total. The van der Waals surface area contributed by atoms with Crippen LogP contribution in [0.15, 0.2) is 109 Å². The van der Waals surface area contributed by atoms with Crippen LogP contribution in [0.25, 0.3) is 0 Å². The lowest BCUT2D eigenvalue weighted by atomic mass is 9.98. The van der Waals surface area contributed by atoms with E-state index in [0.29, 0.717) is 19.3 Å². The zero-order valence-corrected chi connectivity index (χ0v) is 47.9. The molecule has 77 heavy (non-hydrogen) atoms. The summed E-state index contributed by atoms with van der Waals surface area (Å²) in [6.07, 6.45) is 57.6. The Hall–Kier alpha value is -4.62. The van der Waals surface area contributed by atoms with E-state index < -0.39 is 67.3 Å². The number of carbonyl (C=O) groups excluding carboxylic acids is 3. The molecule has 12 nitrogen and oxygen atoms in total. The molecular formula is C65H104O12. The van der Waals surface area contributed by atoms with Crippen LogP contribution in [0.1, 0.15) is 226 Å². The minimum atomic E-state index is -1.92. The van der Waals surface area contributed by atoms with E-state index in [1.165, 1.54) is 19.3 Å². The number of carboxylic acid groups (broad SMARTS) is 1. The summed E-state index contributed by atoms with van der Waals surface area (Å²) in [7, 11) is 0. The SMILES string of the molecule is CC/C=C\C/C=C\C/C=C\C/C=C\CCCCCCC(=O)OCC(COC1OC(C(=O)O)C(O)C(O)C1OC(=O)CCCCCCC/C=C\C/C=C\C/C=C\CC)OC(=O)CCCCCCC/C=C\C/C=C\CCCCC. The van der Waals surface area contributed by atoms with Crippen molar-refractivity contribution in [2.24, 2.45) is 0 Å². The summed E-state index contributed by atoms with van der Waals surface area (Å²) in [5, 5.41) is 31.5. The van der Waals surface area contributed by atoms with E-state index in [9.17, 15) is 34.5 Å². The summed E-state index contributed by atoms with van der Waals surface area (Å²) in [5.41, 5.74) is 0. The highest BCUT2D eigenvalue weighted by atomic mass is 16.7. The first-order valence-electron chi connectivity index (χ1n) is 29.9. The van der Waals surface area contributed by atoms with Crippen molar-refractivity contribution in [2.45, 2.75) is 263 Å². The Balaban J connectivity index is 2.73. The van der Waals surface area contributed by atoms with Gasteiger partial charge in [0.2, 0.25) is 0 Å². The predicted molar refractivity (Wildman–Crippen MR) is 312 cm³/mol. The molecule has 0 aromatic rings. The highest BCUT2D eigenvalue weighted by Gasteiger charge is 2.50. The van der Waals surface area contributed by atoms with Crippen molar-refractivity contribution >= 4 is 23.9 Å². The average molecular weight is 1080 g/mol. The Labute approximate surface area is 465 Å². The van der Waals surface area contributed by atoms with Crippen LogP contribution in [-0.2, 0) is 42.9 Å². The minimum absolute atomic E-state index is 0.0315. The van der Waals surface area contributed by atoms with Gasteiger partial charge < -0.3 is 39.0 Å². The molecular weight excluding hydrogens is 973 g/mol. The molecule has 1 aliphatic heterocycles. The maximum absolute atomic E-state index is 13.2. The number of carbonyl (C=O) groups is 4. The van der Waals surface area contributed by atoms with Crippen LogP contribution in [0.4, 0.5) is 0 Å². The molecule has 436 valence electrons. The minimum Gasteiger partial charge on any atom is -0.479 e. The largest absolute Gasteiger partial charge is 0.479 e. The number of carboxylic acids is 1. The van der Waals surface area contributed by atoms with Crippen molar-refractivity contribution in [1.29, 1.82) is 0 Å². The Bertz CT molecular complexity index is 1750. The zero-order valence-electron chi connectivity index (χ0n) is 47.9. The van der Waals surface area contributed by atoms with Gasteiger partial charge in [-0.15, -0.1) is 0 Å². The molecule has 0 spiro atoms. The monoisotopic (exact) mass is 1080 g/mol. The number of aliphatic hydroxyl groups is 2. The molecule has 0 aromatic heterocycles. The highest BCUT2D eigenvalue weighted by Crippen LogP contribution is 2.26. The second kappa shape index (κ2) is 52.1. The van der Waals surface area contributed by atoms with Crippen molar-refractivity contribution in [3.05, 3.63) is 109 Å². The molecule has 1 saturated heterocycles. The van der Waals surface area contributed by atoms with Crippen LogP contribution in [0.2, 0.25) is 0 Å². The molecule has 6 atom stereocenters. The van der Waals surface area contributed by atoms with E-state index in [-0.39, 0.29) is 25.9 Å². The summed E-state index contributed by atoms with van der Waals surface area (Å²) in [6, 6.07) is 0. The number of unbranched alkanes of at least 4 members (excludes halogenated alkanes) is 17. The van der Waals surface area contributed by atoms with Crippen molar-refractivity contribution in [3.8, 4) is 0 Å². The van der Waals surface area contributed by atoms with Gasteiger partial charge in [0.05, 0.1) is 6.61 Å².